The fourth-order valence-electron chi connectivity index (χ4n) is 1.44. The van der Waals surface area contributed by atoms with Gasteiger partial charge in [-0.15, -0.1) is 0 Å². The summed E-state index contributed by atoms with van der Waals surface area (Å²) in [5.74, 6) is -0.0438. The van der Waals surface area contributed by atoms with E-state index in [2.05, 4.69) is 10.1 Å². The van der Waals surface area contributed by atoms with Gasteiger partial charge < -0.3 is 9.63 Å². The smallest absolute Gasteiger partial charge is 0.335 e. The summed E-state index contributed by atoms with van der Waals surface area (Å²) in [5, 5.41) is 12.8. The van der Waals surface area contributed by atoms with Crippen molar-refractivity contribution in [3.8, 4) is 11.4 Å². The number of rotatable bonds is 2. The molecule has 0 spiro atoms. The summed E-state index contributed by atoms with van der Waals surface area (Å²) in [7, 11) is 0. The Labute approximate surface area is 104 Å². The summed E-state index contributed by atoms with van der Waals surface area (Å²) >= 11 is 0. The molecule has 0 saturated heterocycles. The largest absolute Gasteiger partial charge is 0.478 e. The highest BCUT2D eigenvalue weighted by Crippen LogP contribution is 2.24. The van der Waals surface area contributed by atoms with Gasteiger partial charge in [-0.05, 0) is 12.1 Å². The number of hydrogen-bond acceptors (Lipinski definition) is 4. The first-order chi connectivity index (χ1) is 8.38. The predicted octanol–water partition coefficient (Wildman–Crippen LogP) is 2.73. The lowest BCUT2D eigenvalue weighted by molar-refractivity contribution is 0.0697. The summed E-state index contributed by atoms with van der Waals surface area (Å²) in [4.78, 5) is 15.2. The van der Waals surface area contributed by atoms with Gasteiger partial charge in [0.15, 0.2) is 0 Å². The molecule has 0 bridgehead atoms. The molecule has 5 nitrogen and oxygen atoms in total. The van der Waals surface area contributed by atoms with E-state index in [0.29, 0.717) is 17.3 Å². The maximum absolute atomic E-state index is 10.9. The molecule has 94 valence electrons. The zero-order valence-corrected chi connectivity index (χ0v) is 10.5. The van der Waals surface area contributed by atoms with Crippen LogP contribution in [-0.2, 0) is 5.41 Å². The quantitative estimate of drug-likeness (QED) is 0.881. The molecule has 0 amide bonds. The zero-order chi connectivity index (χ0) is 13.3. The second-order valence-electron chi connectivity index (χ2n) is 5.06. The van der Waals surface area contributed by atoms with Crippen LogP contribution in [0.5, 0.6) is 0 Å². The number of carboxylic acids is 1. The molecule has 0 aliphatic heterocycles. The number of benzene rings is 1. The van der Waals surface area contributed by atoms with Crippen LogP contribution in [0.15, 0.2) is 28.8 Å². The highest BCUT2D eigenvalue weighted by molar-refractivity contribution is 5.89. The van der Waals surface area contributed by atoms with Gasteiger partial charge in [0.2, 0.25) is 11.7 Å². The summed E-state index contributed by atoms with van der Waals surface area (Å²) in [6.07, 6.45) is 0. The van der Waals surface area contributed by atoms with Gasteiger partial charge in [0.1, 0.15) is 0 Å². The third-order valence-corrected chi connectivity index (χ3v) is 2.44. The van der Waals surface area contributed by atoms with Gasteiger partial charge in [-0.25, -0.2) is 4.79 Å². The standard InChI is InChI=1S/C13H14N2O3/c1-13(2,3)12-14-10(15-18-12)8-5-4-6-9(7-8)11(16)17/h4-7H,1-3H3,(H,16,17). The molecular formula is C13H14N2O3. The average Bonchev–Trinajstić information content (AvgIpc) is 2.78. The minimum Gasteiger partial charge on any atom is -0.478 e. The summed E-state index contributed by atoms with van der Waals surface area (Å²) in [5.41, 5.74) is 0.610. The first kappa shape index (κ1) is 12.3. The Morgan fingerprint density at radius 1 is 1.33 bits per heavy atom. The summed E-state index contributed by atoms with van der Waals surface area (Å²) < 4.78 is 5.18. The molecule has 0 atom stereocenters. The van der Waals surface area contributed by atoms with Crippen LogP contribution in [0, 0.1) is 0 Å². The molecule has 1 N–H and O–H groups in total. The van der Waals surface area contributed by atoms with Crippen LogP contribution in [0.2, 0.25) is 0 Å². The minimum absolute atomic E-state index is 0.203. The molecule has 0 unspecified atom stereocenters. The molecule has 1 aromatic carbocycles. The number of hydrogen-bond donors (Lipinski definition) is 1. The highest BCUT2D eigenvalue weighted by atomic mass is 16.5. The van der Waals surface area contributed by atoms with Gasteiger partial charge >= 0.3 is 5.97 Å². The van der Waals surface area contributed by atoms with Crippen molar-refractivity contribution in [2.24, 2.45) is 0 Å². The van der Waals surface area contributed by atoms with Gasteiger partial charge in [0.05, 0.1) is 5.56 Å². The molecule has 0 saturated carbocycles. The zero-order valence-electron chi connectivity index (χ0n) is 10.5. The molecule has 0 aliphatic carbocycles. The van der Waals surface area contributed by atoms with E-state index in [9.17, 15) is 4.79 Å². The number of aromatic nitrogens is 2. The highest BCUT2D eigenvalue weighted by Gasteiger charge is 2.22. The number of carbonyl (C=O) groups is 1. The second kappa shape index (κ2) is 4.25. The van der Waals surface area contributed by atoms with E-state index >= 15 is 0 Å². The minimum atomic E-state index is -0.976. The molecular weight excluding hydrogens is 232 g/mol. The third kappa shape index (κ3) is 2.40. The van der Waals surface area contributed by atoms with Crippen molar-refractivity contribution in [3.05, 3.63) is 35.7 Å². The summed E-state index contributed by atoms with van der Waals surface area (Å²) in [6, 6.07) is 6.46. The van der Waals surface area contributed by atoms with Crippen molar-refractivity contribution in [2.75, 3.05) is 0 Å². The lowest BCUT2D eigenvalue weighted by Gasteiger charge is -2.10. The molecule has 0 radical (unpaired) electrons. The van der Waals surface area contributed by atoms with Crippen LogP contribution < -0.4 is 0 Å². The van der Waals surface area contributed by atoms with E-state index < -0.39 is 5.97 Å². The number of nitrogens with zero attached hydrogens (tertiary/aromatic N) is 2. The van der Waals surface area contributed by atoms with Gasteiger partial charge in [0, 0.05) is 11.0 Å². The molecule has 1 aromatic heterocycles. The SMILES string of the molecule is CC(C)(C)c1nc(-c2cccc(C(=O)O)c2)no1. The number of aromatic carboxylic acids is 1. The molecule has 2 aromatic rings. The van der Waals surface area contributed by atoms with E-state index in [1.807, 2.05) is 20.8 Å². The van der Waals surface area contributed by atoms with Crippen LogP contribution >= 0.6 is 0 Å². The predicted molar refractivity (Wildman–Crippen MR) is 65.4 cm³/mol. The van der Waals surface area contributed by atoms with Crippen molar-refractivity contribution in [1.82, 2.24) is 10.1 Å². The second-order valence-corrected chi connectivity index (χ2v) is 5.06. The van der Waals surface area contributed by atoms with Crippen LogP contribution in [0.4, 0.5) is 0 Å². The van der Waals surface area contributed by atoms with Crippen LogP contribution in [0.25, 0.3) is 11.4 Å². The molecule has 18 heavy (non-hydrogen) atoms. The Morgan fingerprint density at radius 3 is 2.61 bits per heavy atom. The first-order valence-electron chi connectivity index (χ1n) is 5.56. The fraction of sp³-hybridized carbons (Fsp3) is 0.308. The van der Waals surface area contributed by atoms with E-state index in [-0.39, 0.29) is 11.0 Å². The Hall–Kier alpha value is -2.17. The molecule has 1 heterocycles. The van der Waals surface area contributed by atoms with E-state index in [1.54, 1.807) is 12.1 Å². The van der Waals surface area contributed by atoms with Gasteiger partial charge in [-0.1, -0.05) is 38.1 Å². The van der Waals surface area contributed by atoms with Gasteiger partial charge in [-0.2, -0.15) is 4.98 Å². The van der Waals surface area contributed by atoms with Crippen LogP contribution in [0.3, 0.4) is 0 Å². The van der Waals surface area contributed by atoms with Crippen molar-refractivity contribution >= 4 is 5.97 Å². The lowest BCUT2D eigenvalue weighted by Crippen LogP contribution is -2.11. The maximum Gasteiger partial charge on any atom is 0.335 e. The Morgan fingerprint density at radius 2 is 2.06 bits per heavy atom. The molecule has 2 rings (SSSR count). The van der Waals surface area contributed by atoms with E-state index in [0.717, 1.165) is 0 Å². The van der Waals surface area contributed by atoms with Gasteiger partial charge in [0.25, 0.3) is 0 Å². The van der Waals surface area contributed by atoms with Crippen LogP contribution in [0.1, 0.15) is 37.0 Å². The lowest BCUT2D eigenvalue weighted by atomic mass is 9.97. The Bertz CT molecular complexity index is 582. The normalized spacial score (nSPS) is 11.5. The molecule has 0 aliphatic rings. The Kier molecular flexibility index (Phi) is 2.90. The monoisotopic (exact) mass is 246 g/mol. The maximum atomic E-state index is 10.9. The number of carboxylic acid groups (broad SMARTS) is 1. The topological polar surface area (TPSA) is 76.2 Å². The van der Waals surface area contributed by atoms with E-state index in [1.165, 1.54) is 12.1 Å². The van der Waals surface area contributed by atoms with Crippen molar-refractivity contribution < 1.29 is 14.4 Å². The van der Waals surface area contributed by atoms with Gasteiger partial charge in [-0.3, -0.25) is 0 Å². The van der Waals surface area contributed by atoms with Crippen molar-refractivity contribution in [1.29, 1.82) is 0 Å². The van der Waals surface area contributed by atoms with E-state index in [4.69, 9.17) is 9.63 Å². The third-order valence-electron chi connectivity index (χ3n) is 2.44. The molecule has 0 fully saturated rings. The van der Waals surface area contributed by atoms with Crippen molar-refractivity contribution in [3.63, 3.8) is 0 Å². The average molecular weight is 246 g/mol. The summed E-state index contributed by atoms with van der Waals surface area (Å²) in [6.45, 7) is 5.91. The van der Waals surface area contributed by atoms with Crippen molar-refractivity contribution in [2.45, 2.75) is 26.2 Å². The van der Waals surface area contributed by atoms with Crippen LogP contribution in [-0.4, -0.2) is 21.2 Å². The Balaban J connectivity index is 2.40. The fourth-order valence-corrected chi connectivity index (χ4v) is 1.44. The first-order valence-corrected chi connectivity index (χ1v) is 5.56. The molecule has 5 heteroatoms.